The van der Waals surface area contributed by atoms with Gasteiger partial charge in [0.2, 0.25) is 5.75 Å². The number of nitrogens with zero attached hydrogens (tertiary/aromatic N) is 2. The molecule has 0 saturated heterocycles. The molecule has 0 saturated carbocycles. The first-order valence-electron chi connectivity index (χ1n) is 7.54. The summed E-state index contributed by atoms with van der Waals surface area (Å²) in [7, 11) is 0. The van der Waals surface area contributed by atoms with E-state index >= 15 is 0 Å². The molecule has 0 unspecified atom stereocenters. The van der Waals surface area contributed by atoms with Crippen LogP contribution in [0.2, 0.25) is 0 Å². The second-order valence-electron chi connectivity index (χ2n) is 6.27. The number of ether oxygens (including phenoxy) is 1. The van der Waals surface area contributed by atoms with Crippen LogP contribution in [0.3, 0.4) is 0 Å². The van der Waals surface area contributed by atoms with Crippen LogP contribution in [0.15, 0.2) is 47.2 Å². The zero-order valence-corrected chi connectivity index (χ0v) is 15.2. The molecule has 0 radical (unpaired) electrons. The molecule has 0 spiro atoms. The molecule has 7 heteroatoms. The van der Waals surface area contributed by atoms with E-state index in [2.05, 4.69) is 38.4 Å². The Labute approximate surface area is 149 Å². The van der Waals surface area contributed by atoms with Gasteiger partial charge < -0.3 is 10.1 Å². The van der Waals surface area contributed by atoms with E-state index in [9.17, 15) is 10.1 Å². The summed E-state index contributed by atoms with van der Waals surface area (Å²) < 4.78 is 6.20. The zero-order valence-electron chi connectivity index (χ0n) is 13.7. The summed E-state index contributed by atoms with van der Waals surface area (Å²) in [6, 6.07) is 10.1. The minimum absolute atomic E-state index is 0.141. The van der Waals surface area contributed by atoms with Crippen molar-refractivity contribution in [3.63, 3.8) is 0 Å². The average molecular weight is 394 g/mol. The molecule has 1 aromatic heterocycles. The van der Waals surface area contributed by atoms with E-state index in [4.69, 9.17) is 4.74 Å². The number of pyridine rings is 1. The Kier molecular flexibility index (Phi) is 6.28. The van der Waals surface area contributed by atoms with E-state index in [-0.39, 0.29) is 16.9 Å². The molecule has 0 aliphatic carbocycles. The third-order valence-electron chi connectivity index (χ3n) is 3.41. The maximum absolute atomic E-state index is 11.1. The molecule has 0 bridgehead atoms. The molecule has 0 fully saturated rings. The van der Waals surface area contributed by atoms with Gasteiger partial charge in [-0.25, -0.2) is 0 Å². The highest BCUT2D eigenvalue weighted by Gasteiger charge is 2.24. The Morgan fingerprint density at radius 3 is 2.67 bits per heavy atom. The molecule has 1 aromatic carbocycles. The Morgan fingerprint density at radius 1 is 1.29 bits per heavy atom. The predicted octanol–water partition coefficient (Wildman–Crippen LogP) is 3.95. The second-order valence-corrected chi connectivity index (χ2v) is 7.12. The van der Waals surface area contributed by atoms with E-state index in [1.807, 2.05) is 32.0 Å². The van der Waals surface area contributed by atoms with Gasteiger partial charge in [-0.3, -0.25) is 15.1 Å². The molecule has 1 N–H and O–H groups in total. The first kappa shape index (κ1) is 18.4. The lowest BCUT2D eigenvalue weighted by Gasteiger charge is -2.25. The van der Waals surface area contributed by atoms with Crippen LogP contribution >= 0.6 is 15.9 Å². The minimum atomic E-state index is -0.492. The third kappa shape index (κ3) is 5.28. The summed E-state index contributed by atoms with van der Waals surface area (Å²) in [4.78, 5) is 14.4. The van der Waals surface area contributed by atoms with Crippen LogP contribution < -0.4 is 10.1 Å². The first-order valence-corrected chi connectivity index (χ1v) is 8.34. The Hall–Kier alpha value is -1.99. The van der Waals surface area contributed by atoms with Gasteiger partial charge in [-0.2, -0.15) is 0 Å². The summed E-state index contributed by atoms with van der Waals surface area (Å²) in [6.07, 6.45) is 2.68. The van der Waals surface area contributed by atoms with Gasteiger partial charge in [-0.05, 0) is 21.5 Å². The van der Waals surface area contributed by atoms with Gasteiger partial charge in [0.15, 0.2) is 0 Å². The van der Waals surface area contributed by atoms with Gasteiger partial charge >= 0.3 is 5.69 Å². The lowest BCUT2D eigenvalue weighted by atomic mass is 9.94. The number of hydrogen-bond acceptors (Lipinski definition) is 5. The summed E-state index contributed by atoms with van der Waals surface area (Å²) in [5.41, 5.74) is 0.880. The summed E-state index contributed by atoms with van der Waals surface area (Å²) in [6.45, 7) is 5.93. The fraction of sp³-hybridized carbons (Fsp3) is 0.353. The van der Waals surface area contributed by atoms with Crippen molar-refractivity contribution in [3.8, 4) is 5.75 Å². The smallest absolute Gasteiger partial charge is 0.330 e. The minimum Gasteiger partial charge on any atom is -0.485 e. The molecule has 0 aliphatic heterocycles. The van der Waals surface area contributed by atoms with Crippen LogP contribution in [0, 0.1) is 15.5 Å². The number of hydrogen-bond donors (Lipinski definition) is 1. The highest BCUT2D eigenvalue weighted by molar-refractivity contribution is 9.10. The maximum atomic E-state index is 11.1. The largest absolute Gasteiger partial charge is 0.485 e. The summed E-state index contributed by atoms with van der Waals surface area (Å²) in [5, 5.41) is 14.5. The van der Waals surface area contributed by atoms with Gasteiger partial charge in [0, 0.05) is 24.7 Å². The second kappa shape index (κ2) is 8.21. The van der Waals surface area contributed by atoms with E-state index in [0.29, 0.717) is 11.1 Å². The molecule has 0 atom stereocenters. The zero-order chi connectivity index (χ0) is 17.6. The summed E-state index contributed by atoms with van der Waals surface area (Å²) in [5.74, 6) is 0.214. The van der Waals surface area contributed by atoms with E-state index < -0.39 is 4.92 Å². The lowest BCUT2D eigenvalue weighted by Crippen LogP contribution is -2.34. The van der Waals surface area contributed by atoms with E-state index in [1.165, 1.54) is 18.0 Å². The number of halogens is 1. The number of nitrogens with one attached hydrogen (secondary N) is 1. The van der Waals surface area contributed by atoms with Gasteiger partial charge in [0.05, 0.1) is 16.0 Å². The highest BCUT2D eigenvalue weighted by atomic mass is 79.9. The van der Waals surface area contributed by atoms with Crippen molar-refractivity contribution >= 4 is 21.6 Å². The molecular formula is C17H20BrN3O3. The SMILES string of the molecule is CC(C)(CNCc1ccccc1)COc1c(Br)cncc1[N+](=O)[O-]. The van der Waals surface area contributed by atoms with Gasteiger partial charge in [-0.15, -0.1) is 0 Å². The molecule has 6 nitrogen and oxygen atoms in total. The quantitative estimate of drug-likeness (QED) is 0.542. The molecule has 0 aliphatic rings. The molecule has 0 amide bonds. The van der Waals surface area contributed by atoms with Crippen LogP contribution in [-0.4, -0.2) is 23.1 Å². The molecule has 2 rings (SSSR count). The van der Waals surface area contributed by atoms with Crippen LogP contribution in [-0.2, 0) is 6.54 Å². The summed E-state index contributed by atoms with van der Waals surface area (Å²) >= 11 is 3.26. The molecule has 24 heavy (non-hydrogen) atoms. The Balaban J connectivity index is 1.92. The molecule has 128 valence electrons. The normalized spacial score (nSPS) is 11.3. The van der Waals surface area contributed by atoms with Crippen LogP contribution in [0.1, 0.15) is 19.4 Å². The molecular weight excluding hydrogens is 374 g/mol. The lowest BCUT2D eigenvalue weighted by molar-refractivity contribution is -0.386. The standard InChI is InChI=1S/C17H20BrN3O3/c1-17(2,11-20-8-13-6-4-3-5-7-13)12-24-16-14(18)9-19-10-15(16)21(22)23/h3-7,9-10,20H,8,11-12H2,1-2H3. The van der Waals surface area contributed by atoms with Crippen molar-refractivity contribution in [3.05, 3.63) is 62.9 Å². The van der Waals surface area contributed by atoms with Crippen molar-refractivity contribution in [1.82, 2.24) is 10.3 Å². The fourth-order valence-corrected chi connectivity index (χ4v) is 2.58. The number of nitro groups is 1. The topological polar surface area (TPSA) is 77.3 Å². The number of aromatic nitrogens is 1. The van der Waals surface area contributed by atoms with Gasteiger partial charge in [0.25, 0.3) is 0 Å². The molecule has 1 heterocycles. The van der Waals surface area contributed by atoms with Crippen molar-refractivity contribution in [2.45, 2.75) is 20.4 Å². The van der Waals surface area contributed by atoms with Crippen molar-refractivity contribution < 1.29 is 9.66 Å². The van der Waals surface area contributed by atoms with E-state index in [1.54, 1.807) is 0 Å². The first-order chi connectivity index (χ1) is 11.4. The van der Waals surface area contributed by atoms with Crippen molar-refractivity contribution in [1.29, 1.82) is 0 Å². The third-order valence-corrected chi connectivity index (χ3v) is 3.98. The van der Waals surface area contributed by atoms with Crippen LogP contribution in [0.5, 0.6) is 5.75 Å². The Morgan fingerprint density at radius 2 is 2.00 bits per heavy atom. The molecule has 2 aromatic rings. The van der Waals surface area contributed by atoms with Crippen molar-refractivity contribution in [2.75, 3.05) is 13.2 Å². The van der Waals surface area contributed by atoms with Crippen LogP contribution in [0.25, 0.3) is 0 Å². The fourth-order valence-electron chi connectivity index (χ4n) is 2.15. The highest BCUT2D eigenvalue weighted by Crippen LogP contribution is 2.34. The van der Waals surface area contributed by atoms with Gasteiger partial charge in [-0.1, -0.05) is 44.2 Å². The monoisotopic (exact) mass is 393 g/mol. The van der Waals surface area contributed by atoms with E-state index in [0.717, 1.165) is 13.1 Å². The van der Waals surface area contributed by atoms with Crippen LogP contribution in [0.4, 0.5) is 5.69 Å². The van der Waals surface area contributed by atoms with Gasteiger partial charge in [0.1, 0.15) is 6.20 Å². The van der Waals surface area contributed by atoms with Crippen molar-refractivity contribution in [2.24, 2.45) is 5.41 Å². The Bertz CT molecular complexity index is 693. The average Bonchev–Trinajstić information content (AvgIpc) is 2.54. The maximum Gasteiger partial charge on any atom is 0.330 e. The number of rotatable bonds is 8. The predicted molar refractivity (Wildman–Crippen MR) is 96.0 cm³/mol. The number of benzene rings is 1.